The van der Waals surface area contributed by atoms with Gasteiger partial charge in [-0.2, -0.15) is 0 Å². The first-order chi connectivity index (χ1) is 5.13. The summed E-state index contributed by atoms with van der Waals surface area (Å²) in [5.41, 5.74) is 3.17. The molecule has 1 rings (SSSR count). The van der Waals surface area contributed by atoms with Gasteiger partial charge in [0.1, 0.15) is 0 Å². The summed E-state index contributed by atoms with van der Waals surface area (Å²) in [4.78, 5) is 1.21. The molecule has 0 aromatic heterocycles. The second-order valence-electron chi connectivity index (χ2n) is 3.11. The first kappa shape index (κ1) is 9.35. The van der Waals surface area contributed by atoms with Crippen molar-refractivity contribution in [1.29, 1.82) is 0 Å². The Hall–Kier alpha value is 0.260. The van der Waals surface area contributed by atoms with Gasteiger partial charge in [-0.1, -0.05) is 19.1 Å². The Bertz CT molecular complexity index is 204. The summed E-state index contributed by atoms with van der Waals surface area (Å²) in [5, 5.41) is 0. The summed E-state index contributed by atoms with van der Waals surface area (Å²) in [7, 11) is 2.77. The molecule has 0 N–H and O–H groups in total. The van der Waals surface area contributed by atoms with E-state index in [2.05, 4.69) is 35.4 Å². The lowest BCUT2D eigenvalue weighted by Crippen LogP contribution is -1.93. The summed E-state index contributed by atoms with van der Waals surface area (Å²) in [5.74, 6) is 0. The minimum atomic E-state index is 0.475. The van der Waals surface area contributed by atoms with Crippen LogP contribution >= 0.6 is 21.9 Å². The summed E-state index contributed by atoms with van der Waals surface area (Å²) < 4.78 is 0. The van der Waals surface area contributed by atoms with Crippen LogP contribution in [0.3, 0.4) is 0 Å². The molecule has 0 bridgehead atoms. The largest absolute Gasteiger partial charge is 0.147 e. The van der Waals surface area contributed by atoms with Crippen molar-refractivity contribution in [3.63, 3.8) is 0 Å². The maximum absolute atomic E-state index is 4.48. The second-order valence-corrected chi connectivity index (χ2v) is 4.59. The third-order valence-corrected chi connectivity index (χ3v) is 3.36. The van der Waals surface area contributed by atoms with Crippen LogP contribution in [0.5, 0.6) is 0 Å². The van der Waals surface area contributed by atoms with Gasteiger partial charge in [-0.05, 0) is 29.7 Å². The Balaban J connectivity index is 2.85. The average Bonchev–Trinajstić information content (AvgIpc) is 2.33. The predicted molar refractivity (Wildman–Crippen MR) is 58.2 cm³/mol. The van der Waals surface area contributed by atoms with Gasteiger partial charge in [0.05, 0.1) is 0 Å². The molecule has 0 spiro atoms. The number of rotatable bonds is 1. The third kappa shape index (κ3) is 2.10. The Labute approximate surface area is 76.8 Å². The fourth-order valence-corrected chi connectivity index (χ4v) is 1.86. The molecule has 0 radical (unpaired) electrons. The molecular weight excluding hydrogens is 171 g/mol. The first-order valence-corrected chi connectivity index (χ1v) is 5.10. The van der Waals surface area contributed by atoms with E-state index in [1.165, 1.54) is 28.9 Å². The molecule has 0 heterocycles. The van der Waals surface area contributed by atoms with Crippen molar-refractivity contribution in [2.24, 2.45) is 0 Å². The van der Waals surface area contributed by atoms with Crippen LogP contribution in [0.1, 0.15) is 26.2 Å². The molecule has 62 valence electrons. The highest BCUT2D eigenvalue weighted by Gasteiger charge is 2.15. The maximum atomic E-state index is 4.48. The lowest BCUT2D eigenvalue weighted by molar-refractivity contribution is 0.930. The fraction of sp³-hybridized carbons (Fsp3) is 0.556. The maximum Gasteiger partial charge on any atom is 0.00172 e. The van der Waals surface area contributed by atoms with E-state index in [1.54, 1.807) is 0 Å². The van der Waals surface area contributed by atoms with Crippen molar-refractivity contribution in [3.8, 4) is 0 Å². The molecule has 0 aliphatic heterocycles. The van der Waals surface area contributed by atoms with Crippen LogP contribution in [-0.2, 0) is 0 Å². The van der Waals surface area contributed by atoms with E-state index in [-0.39, 0.29) is 0 Å². The molecular formula is C9H15PS. The minimum Gasteiger partial charge on any atom is -0.147 e. The van der Waals surface area contributed by atoms with Crippen LogP contribution in [0, 0.1) is 0 Å². The third-order valence-electron chi connectivity index (χ3n) is 2.07. The summed E-state index contributed by atoms with van der Waals surface area (Å²) in [6.45, 7) is 6.17. The van der Waals surface area contributed by atoms with Gasteiger partial charge in [-0.25, -0.2) is 0 Å². The van der Waals surface area contributed by atoms with Gasteiger partial charge in [0.25, 0.3) is 0 Å². The van der Waals surface area contributed by atoms with Crippen LogP contribution in [0.25, 0.3) is 0 Å². The molecule has 0 aromatic rings. The highest BCUT2D eigenvalue weighted by Crippen LogP contribution is 2.35. The highest BCUT2D eigenvalue weighted by molar-refractivity contribution is 7.85. The molecule has 11 heavy (non-hydrogen) atoms. The summed E-state index contributed by atoms with van der Waals surface area (Å²) >= 11 is 4.48. The van der Waals surface area contributed by atoms with E-state index >= 15 is 0 Å². The summed E-state index contributed by atoms with van der Waals surface area (Å²) in [6.07, 6.45) is 3.60. The fourth-order valence-electron chi connectivity index (χ4n) is 1.39. The van der Waals surface area contributed by atoms with Crippen molar-refractivity contribution in [2.45, 2.75) is 31.8 Å². The number of hydrogen-bond donors (Lipinski definition) is 1. The highest BCUT2D eigenvalue weighted by atomic mass is 32.1. The standard InChI is InChI=1S/C9H15PS/c1-6-4-3-5-8(6)9(11)7(2)10/h7,11H,1,3-5,10H2,2H3/b9-8-. The molecule has 0 nitrogen and oxygen atoms in total. The molecule has 1 saturated carbocycles. The van der Waals surface area contributed by atoms with Crippen LogP contribution < -0.4 is 0 Å². The Morgan fingerprint density at radius 1 is 1.64 bits per heavy atom. The molecule has 0 aromatic carbocycles. The molecule has 2 heteroatoms. The number of thiol groups is 1. The lowest BCUT2D eigenvalue weighted by Gasteiger charge is -2.09. The van der Waals surface area contributed by atoms with E-state index in [0.29, 0.717) is 5.66 Å². The zero-order valence-corrected chi connectivity index (χ0v) is 8.98. The van der Waals surface area contributed by atoms with Gasteiger partial charge < -0.3 is 0 Å². The Kier molecular flexibility index (Phi) is 3.21. The number of hydrogen-bond acceptors (Lipinski definition) is 1. The van der Waals surface area contributed by atoms with Crippen LogP contribution in [0.2, 0.25) is 0 Å². The topological polar surface area (TPSA) is 0 Å². The van der Waals surface area contributed by atoms with Crippen molar-refractivity contribution in [3.05, 3.63) is 22.6 Å². The molecule has 0 amide bonds. The van der Waals surface area contributed by atoms with Crippen molar-refractivity contribution in [1.82, 2.24) is 0 Å². The van der Waals surface area contributed by atoms with Crippen LogP contribution in [0.4, 0.5) is 0 Å². The van der Waals surface area contributed by atoms with E-state index in [4.69, 9.17) is 0 Å². The zero-order valence-electron chi connectivity index (χ0n) is 6.93. The number of allylic oxidation sites excluding steroid dienone is 3. The van der Waals surface area contributed by atoms with E-state index in [0.717, 1.165) is 6.42 Å². The van der Waals surface area contributed by atoms with Crippen molar-refractivity contribution < 1.29 is 0 Å². The second kappa shape index (κ2) is 3.78. The van der Waals surface area contributed by atoms with Crippen LogP contribution in [0.15, 0.2) is 22.6 Å². The molecule has 2 atom stereocenters. The van der Waals surface area contributed by atoms with Gasteiger partial charge in [0.2, 0.25) is 0 Å². The average molecular weight is 186 g/mol. The smallest absolute Gasteiger partial charge is 0.00172 e. The minimum absolute atomic E-state index is 0.475. The molecule has 1 fully saturated rings. The van der Waals surface area contributed by atoms with E-state index < -0.39 is 0 Å². The molecule has 1 aliphatic rings. The summed E-state index contributed by atoms with van der Waals surface area (Å²) in [6, 6.07) is 0. The van der Waals surface area contributed by atoms with E-state index in [9.17, 15) is 0 Å². The molecule has 2 unspecified atom stereocenters. The van der Waals surface area contributed by atoms with Gasteiger partial charge >= 0.3 is 0 Å². The van der Waals surface area contributed by atoms with Gasteiger partial charge in [0, 0.05) is 5.66 Å². The first-order valence-electron chi connectivity index (χ1n) is 3.98. The Morgan fingerprint density at radius 2 is 2.27 bits per heavy atom. The zero-order chi connectivity index (χ0) is 8.43. The van der Waals surface area contributed by atoms with Crippen LogP contribution in [-0.4, -0.2) is 5.66 Å². The predicted octanol–water partition coefficient (Wildman–Crippen LogP) is 3.17. The monoisotopic (exact) mass is 186 g/mol. The van der Waals surface area contributed by atoms with Crippen molar-refractivity contribution >= 4 is 21.9 Å². The Morgan fingerprint density at radius 3 is 2.64 bits per heavy atom. The molecule has 0 saturated heterocycles. The quantitative estimate of drug-likeness (QED) is 0.472. The van der Waals surface area contributed by atoms with Gasteiger partial charge in [-0.15, -0.1) is 21.9 Å². The molecule has 1 aliphatic carbocycles. The van der Waals surface area contributed by atoms with Crippen molar-refractivity contribution in [2.75, 3.05) is 0 Å². The SMILES string of the molecule is C=C1CCC/C1=C(/S)C(C)P. The normalized spacial score (nSPS) is 25.5. The van der Waals surface area contributed by atoms with E-state index in [1.807, 2.05) is 0 Å². The van der Waals surface area contributed by atoms with Gasteiger partial charge in [0.15, 0.2) is 0 Å². The lowest BCUT2D eigenvalue weighted by atomic mass is 10.1. The van der Waals surface area contributed by atoms with Gasteiger partial charge in [-0.3, -0.25) is 0 Å².